The van der Waals surface area contributed by atoms with Gasteiger partial charge in [-0.15, -0.1) is 0 Å². The molecule has 0 aliphatic carbocycles. The van der Waals surface area contributed by atoms with Crippen molar-refractivity contribution in [2.75, 3.05) is 17.1 Å². The zero-order valence-electron chi connectivity index (χ0n) is 15.7. The number of carbonyl (C=O) groups excluding carboxylic acids is 1. The van der Waals surface area contributed by atoms with Crippen molar-refractivity contribution in [3.05, 3.63) is 89.0 Å². The SMILES string of the molecule is CC(c1ccc(NS(=O)(=O)CCO)cc1)c1[nH]c(C(=O)c2ccccc2)cc1F. The van der Waals surface area contributed by atoms with E-state index in [1.807, 2.05) is 0 Å². The molecule has 0 saturated heterocycles. The lowest BCUT2D eigenvalue weighted by atomic mass is 9.97. The molecule has 8 heteroatoms. The zero-order chi connectivity index (χ0) is 21.0. The van der Waals surface area contributed by atoms with Crippen molar-refractivity contribution in [2.24, 2.45) is 0 Å². The molecule has 1 unspecified atom stereocenters. The summed E-state index contributed by atoms with van der Waals surface area (Å²) in [6, 6.07) is 16.3. The van der Waals surface area contributed by atoms with Crippen molar-refractivity contribution >= 4 is 21.5 Å². The minimum Gasteiger partial charge on any atom is -0.395 e. The summed E-state index contributed by atoms with van der Waals surface area (Å²) in [6.07, 6.45) is 0. The number of aliphatic hydroxyl groups is 1. The summed E-state index contributed by atoms with van der Waals surface area (Å²) < 4.78 is 40.3. The number of benzene rings is 2. The Labute approximate surface area is 168 Å². The van der Waals surface area contributed by atoms with Gasteiger partial charge >= 0.3 is 0 Å². The van der Waals surface area contributed by atoms with Crippen LogP contribution in [0.15, 0.2) is 60.7 Å². The highest BCUT2D eigenvalue weighted by Crippen LogP contribution is 2.28. The number of aliphatic hydroxyl groups excluding tert-OH is 1. The molecule has 29 heavy (non-hydrogen) atoms. The number of sulfonamides is 1. The molecule has 6 nitrogen and oxygen atoms in total. The topological polar surface area (TPSA) is 99.3 Å². The van der Waals surface area contributed by atoms with Crippen molar-refractivity contribution in [3.8, 4) is 0 Å². The predicted molar refractivity (Wildman–Crippen MR) is 109 cm³/mol. The van der Waals surface area contributed by atoms with E-state index >= 15 is 0 Å². The lowest BCUT2D eigenvalue weighted by Crippen LogP contribution is -2.18. The van der Waals surface area contributed by atoms with Crippen LogP contribution in [-0.4, -0.2) is 36.7 Å². The van der Waals surface area contributed by atoms with Gasteiger partial charge in [0.05, 0.1) is 23.7 Å². The van der Waals surface area contributed by atoms with Crippen molar-refractivity contribution < 1.29 is 22.7 Å². The van der Waals surface area contributed by atoms with Crippen molar-refractivity contribution in [2.45, 2.75) is 12.8 Å². The second-order valence-corrected chi connectivity index (χ2v) is 8.47. The van der Waals surface area contributed by atoms with E-state index in [4.69, 9.17) is 5.11 Å². The first-order chi connectivity index (χ1) is 13.8. The van der Waals surface area contributed by atoms with Gasteiger partial charge in [-0.3, -0.25) is 9.52 Å². The fourth-order valence-electron chi connectivity index (χ4n) is 2.99. The molecule has 0 spiro atoms. The molecule has 0 aliphatic heterocycles. The zero-order valence-corrected chi connectivity index (χ0v) is 16.5. The number of hydrogen-bond acceptors (Lipinski definition) is 4. The standard InChI is InChI=1S/C21H21FN2O4S/c1-14(15-7-9-17(10-8-15)24-29(27,28)12-11-25)20-18(22)13-19(23-20)21(26)16-5-3-2-4-6-16/h2-10,13-14,23-25H,11-12H2,1H3. The highest BCUT2D eigenvalue weighted by Gasteiger charge is 2.20. The minimum absolute atomic E-state index is 0.170. The quantitative estimate of drug-likeness (QED) is 0.491. The summed E-state index contributed by atoms with van der Waals surface area (Å²) in [5.41, 5.74) is 2.00. The van der Waals surface area contributed by atoms with Crippen LogP contribution in [0.2, 0.25) is 0 Å². The number of halogens is 1. The monoisotopic (exact) mass is 416 g/mol. The Bertz CT molecular complexity index is 1090. The molecular weight excluding hydrogens is 395 g/mol. The molecule has 3 aromatic rings. The molecular formula is C21H21FN2O4S. The van der Waals surface area contributed by atoms with Gasteiger partial charge in [0.2, 0.25) is 15.8 Å². The van der Waals surface area contributed by atoms with Gasteiger partial charge in [0.1, 0.15) is 5.82 Å². The number of carbonyl (C=O) groups is 1. The van der Waals surface area contributed by atoms with Crippen molar-refractivity contribution in [1.29, 1.82) is 0 Å². The lowest BCUT2D eigenvalue weighted by Gasteiger charge is -2.12. The second kappa shape index (κ2) is 8.59. The molecule has 1 heterocycles. The molecule has 0 aliphatic rings. The van der Waals surface area contributed by atoms with Gasteiger partial charge in [-0.1, -0.05) is 49.4 Å². The van der Waals surface area contributed by atoms with Crippen LogP contribution in [0.1, 0.15) is 40.2 Å². The number of aromatic amines is 1. The summed E-state index contributed by atoms with van der Waals surface area (Å²) in [7, 11) is -3.61. The van der Waals surface area contributed by atoms with Crippen LogP contribution < -0.4 is 4.72 Å². The summed E-state index contributed by atoms with van der Waals surface area (Å²) >= 11 is 0. The van der Waals surface area contributed by atoms with E-state index in [1.54, 1.807) is 61.5 Å². The largest absolute Gasteiger partial charge is 0.395 e. The van der Waals surface area contributed by atoms with E-state index in [-0.39, 0.29) is 23.1 Å². The molecule has 3 rings (SSSR count). The average Bonchev–Trinajstić information content (AvgIpc) is 3.09. The molecule has 1 aromatic heterocycles. The van der Waals surface area contributed by atoms with Gasteiger partial charge in [-0.05, 0) is 17.7 Å². The van der Waals surface area contributed by atoms with E-state index in [2.05, 4.69) is 9.71 Å². The molecule has 0 bridgehead atoms. The fourth-order valence-corrected chi connectivity index (χ4v) is 3.82. The van der Waals surface area contributed by atoms with Crippen LogP contribution in [0.3, 0.4) is 0 Å². The van der Waals surface area contributed by atoms with Crippen molar-refractivity contribution in [1.82, 2.24) is 4.98 Å². The highest BCUT2D eigenvalue weighted by atomic mass is 32.2. The first-order valence-corrected chi connectivity index (χ1v) is 10.7. The molecule has 1 atom stereocenters. The van der Waals surface area contributed by atoms with Crippen LogP contribution in [0.5, 0.6) is 0 Å². The molecule has 152 valence electrons. The maximum absolute atomic E-state index is 14.5. The van der Waals surface area contributed by atoms with E-state index in [9.17, 15) is 17.6 Å². The summed E-state index contributed by atoms with van der Waals surface area (Å²) in [5.74, 6) is -1.58. The molecule has 0 radical (unpaired) electrons. The van der Waals surface area contributed by atoms with E-state index in [1.165, 1.54) is 6.07 Å². The number of rotatable bonds is 8. The third-order valence-electron chi connectivity index (χ3n) is 4.56. The van der Waals surface area contributed by atoms with Gasteiger partial charge in [0, 0.05) is 23.2 Å². The molecule has 0 amide bonds. The fraction of sp³-hybridized carbons (Fsp3) is 0.190. The van der Waals surface area contributed by atoms with E-state index in [0.29, 0.717) is 11.3 Å². The summed E-state index contributed by atoms with van der Waals surface area (Å²) in [6.45, 7) is 1.32. The number of aromatic nitrogens is 1. The van der Waals surface area contributed by atoms with Crippen LogP contribution >= 0.6 is 0 Å². The summed E-state index contributed by atoms with van der Waals surface area (Å²) in [5, 5.41) is 8.78. The smallest absolute Gasteiger partial charge is 0.234 e. The average molecular weight is 416 g/mol. The Kier molecular flexibility index (Phi) is 6.14. The third-order valence-corrected chi connectivity index (χ3v) is 5.82. The maximum Gasteiger partial charge on any atom is 0.234 e. The lowest BCUT2D eigenvalue weighted by molar-refractivity contribution is 0.103. The Morgan fingerprint density at radius 1 is 1.14 bits per heavy atom. The normalized spacial score (nSPS) is 12.5. The maximum atomic E-state index is 14.5. The number of H-pyrrole nitrogens is 1. The van der Waals surface area contributed by atoms with E-state index in [0.717, 1.165) is 5.56 Å². The first kappa shape index (κ1) is 20.8. The Morgan fingerprint density at radius 2 is 1.79 bits per heavy atom. The second-order valence-electron chi connectivity index (χ2n) is 6.63. The van der Waals surface area contributed by atoms with E-state index < -0.39 is 28.2 Å². The van der Waals surface area contributed by atoms with Crippen LogP contribution in [-0.2, 0) is 10.0 Å². The number of hydrogen-bond donors (Lipinski definition) is 3. The number of ketones is 1. The van der Waals surface area contributed by atoms with Gasteiger partial charge in [-0.2, -0.15) is 0 Å². The first-order valence-electron chi connectivity index (χ1n) is 9.00. The van der Waals surface area contributed by atoms with Crippen LogP contribution in [0.4, 0.5) is 10.1 Å². The van der Waals surface area contributed by atoms with Crippen molar-refractivity contribution in [3.63, 3.8) is 0 Å². The predicted octanol–water partition coefficient (Wildman–Crippen LogP) is 3.27. The summed E-state index contributed by atoms with van der Waals surface area (Å²) in [4.78, 5) is 15.4. The third kappa shape index (κ3) is 4.90. The Balaban J connectivity index is 1.79. The number of anilines is 1. The highest BCUT2D eigenvalue weighted by molar-refractivity contribution is 7.92. The molecule has 0 saturated carbocycles. The van der Waals surface area contributed by atoms with Crippen LogP contribution in [0.25, 0.3) is 0 Å². The minimum atomic E-state index is -3.61. The number of nitrogens with one attached hydrogen (secondary N) is 2. The van der Waals surface area contributed by atoms with Gasteiger partial charge in [0.15, 0.2) is 0 Å². The molecule has 2 aromatic carbocycles. The van der Waals surface area contributed by atoms with Gasteiger partial charge in [-0.25, -0.2) is 12.8 Å². The van der Waals surface area contributed by atoms with Gasteiger partial charge in [0.25, 0.3) is 0 Å². The molecule has 0 fully saturated rings. The Hall–Kier alpha value is -2.97. The van der Waals surface area contributed by atoms with Gasteiger partial charge < -0.3 is 10.1 Å². The molecule has 3 N–H and O–H groups in total. The Morgan fingerprint density at radius 3 is 2.41 bits per heavy atom. The van der Waals surface area contributed by atoms with Crippen LogP contribution in [0, 0.1) is 5.82 Å².